The van der Waals surface area contributed by atoms with Gasteiger partial charge in [-0.2, -0.15) is 0 Å². The van der Waals surface area contributed by atoms with Gasteiger partial charge in [0.15, 0.2) is 12.5 Å². The fourth-order valence-corrected chi connectivity index (χ4v) is 2.49. The standard InChI is InChI=1S/C14H18N4O8/c19-10(20)2-1-8(14(23)24)15-5-6-3-7(18(25)26)4-9-11(6)17-13(22)12(21)16-9/h3-4,8,12-13,15-17,21-22H,1-2,5H2,(H,19,20)(H,23,24)/t8-,12?,13?/m0/s1. The van der Waals surface area contributed by atoms with E-state index in [9.17, 15) is 29.9 Å². The highest BCUT2D eigenvalue weighted by atomic mass is 16.6. The number of nitro benzene ring substituents is 1. The van der Waals surface area contributed by atoms with Crippen molar-refractivity contribution in [2.45, 2.75) is 37.9 Å². The molecule has 0 amide bonds. The lowest BCUT2D eigenvalue weighted by Crippen LogP contribution is -2.43. The molecule has 1 aromatic rings. The first-order chi connectivity index (χ1) is 12.2. The van der Waals surface area contributed by atoms with Crippen LogP contribution in [0.1, 0.15) is 18.4 Å². The van der Waals surface area contributed by atoms with Crippen LogP contribution in [0, 0.1) is 10.1 Å². The summed E-state index contributed by atoms with van der Waals surface area (Å²) in [4.78, 5) is 32.3. The van der Waals surface area contributed by atoms with Crippen LogP contribution in [0.15, 0.2) is 12.1 Å². The first-order valence-corrected chi connectivity index (χ1v) is 7.57. The third-order valence-electron chi connectivity index (χ3n) is 3.79. The molecule has 0 saturated carbocycles. The minimum atomic E-state index is -1.38. The first-order valence-electron chi connectivity index (χ1n) is 7.57. The molecule has 1 heterocycles. The first kappa shape index (κ1) is 19.4. The second-order valence-electron chi connectivity index (χ2n) is 5.67. The van der Waals surface area contributed by atoms with Crippen LogP contribution in [-0.2, 0) is 16.1 Å². The zero-order valence-electron chi connectivity index (χ0n) is 13.4. The van der Waals surface area contributed by atoms with Gasteiger partial charge in [0.25, 0.3) is 5.69 Å². The predicted molar refractivity (Wildman–Crippen MR) is 87.5 cm³/mol. The minimum absolute atomic E-state index is 0.141. The molecular formula is C14H18N4O8. The average Bonchev–Trinajstić information content (AvgIpc) is 2.55. The molecule has 142 valence electrons. The number of nitro groups is 1. The van der Waals surface area contributed by atoms with Gasteiger partial charge in [-0.15, -0.1) is 0 Å². The fourth-order valence-electron chi connectivity index (χ4n) is 2.49. The predicted octanol–water partition coefficient (Wildman–Crippen LogP) is -0.523. The zero-order valence-corrected chi connectivity index (χ0v) is 13.4. The lowest BCUT2D eigenvalue weighted by molar-refractivity contribution is -0.384. The van der Waals surface area contributed by atoms with Gasteiger partial charge in [0.05, 0.1) is 16.3 Å². The summed E-state index contributed by atoms with van der Waals surface area (Å²) in [6, 6.07) is 1.19. The molecule has 3 atom stereocenters. The number of carboxylic acids is 2. The van der Waals surface area contributed by atoms with Gasteiger partial charge < -0.3 is 36.4 Å². The van der Waals surface area contributed by atoms with E-state index in [0.717, 1.165) is 0 Å². The second kappa shape index (κ2) is 7.95. The highest BCUT2D eigenvalue weighted by Gasteiger charge is 2.28. The number of carboxylic acid groups (broad SMARTS) is 2. The van der Waals surface area contributed by atoms with Crippen LogP contribution >= 0.6 is 0 Å². The number of non-ortho nitro benzene ring substituents is 1. The maximum Gasteiger partial charge on any atom is 0.320 e. The van der Waals surface area contributed by atoms with Crippen molar-refractivity contribution in [2.24, 2.45) is 0 Å². The smallest absolute Gasteiger partial charge is 0.320 e. The molecule has 12 nitrogen and oxygen atoms in total. The van der Waals surface area contributed by atoms with Crippen LogP contribution in [0.2, 0.25) is 0 Å². The van der Waals surface area contributed by atoms with Gasteiger partial charge in [-0.25, -0.2) is 0 Å². The Morgan fingerprint density at radius 2 is 1.88 bits per heavy atom. The number of aliphatic hydroxyl groups excluding tert-OH is 2. The van der Waals surface area contributed by atoms with Crippen molar-refractivity contribution < 1.29 is 34.9 Å². The van der Waals surface area contributed by atoms with Gasteiger partial charge >= 0.3 is 11.9 Å². The summed E-state index contributed by atoms with van der Waals surface area (Å²) in [6.07, 6.45) is -3.28. The van der Waals surface area contributed by atoms with Gasteiger partial charge in [-0.1, -0.05) is 0 Å². The second-order valence-corrected chi connectivity index (χ2v) is 5.67. The molecule has 0 fully saturated rings. The summed E-state index contributed by atoms with van der Waals surface area (Å²) in [5, 5.41) is 56.0. The largest absolute Gasteiger partial charge is 0.481 e. The van der Waals surface area contributed by atoms with E-state index in [-0.39, 0.29) is 42.0 Å². The highest BCUT2D eigenvalue weighted by molar-refractivity contribution is 5.78. The third-order valence-corrected chi connectivity index (χ3v) is 3.79. The van der Waals surface area contributed by atoms with Crippen LogP contribution < -0.4 is 16.0 Å². The van der Waals surface area contributed by atoms with Crippen molar-refractivity contribution in [3.05, 3.63) is 27.8 Å². The third kappa shape index (κ3) is 4.56. The van der Waals surface area contributed by atoms with Crippen LogP contribution in [0.5, 0.6) is 0 Å². The molecule has 0 aliphatic carbocycles. The van der Waals surface area contributed by atoms with E-state index >= 15 is 0 Å². The Morgan fingerprint density at radius 3 is 2.46 bits per heavy atom. The fraction of sp³-hybridized carbons (Fsp3) is 0.429. The van der Waals surface area contributed by atoms with Crippen LogP contribution in [0.4, 0.5) is 17.1 Å². The van der Waals surface area contributed by atoms with Crippen molar-refractivity contribution in [1.82, 2.24) is 5.32 Å². The quantitative estimate of drug-likeness (QED) is 0.230. The van der Waals surface area contributed by atoms with Crippen molar-refractivity contribution in [3.63, 3.8) is 0 Å². The molecule has 2 rings (SSSR count). The summed E-state index contributed by atoms with van der Waals surface area (Å²) in [6.45, 7) is -0.141. The summed E-state index contributed by atoms with van der Waals surface area (Å²) in [5.41, 5.74) is 0.416. The number of hydrogen-bond donors (Lipinski definition) is 7. The van der Waals surface area contributed by atoms with Crippen LogP contribution in [0.3, 0.4) is 0 Å². The Morgan fingerprint density at radius 1 is 1.23 bits per heavy atom. The number of hydrogen-bond acceptors (Lipinski definition) is 9. The molecular weight excluding hydrogens is 352 g/mol. The molecule has 12 heteroatoms. The molecule has 26 heavy (non-hydrogen) atoms. The molecule has 0 bridgehead atoms. The Hall–Kier alpha value is -2.96. The van der Waals surface area contributed by atoms with E-state index < -0.39 is 35.4 Å². The molecule has 1 aromatic carbocycles. The Kier molecular flexibility index (Phi) is 5.92. The number of aliphatic hydroxyl groups is 2. The molecule has 1 aliphatic rings. The number of aliphatic carboxylic acids is 2. The molecule has 7 N–H and O–H groups in total. The van der Waals surface area contributed by atoms with Gasteiger partial charge in [0, 0.05) is 25.1 Å². The van der Waals surface area contributed by atoms with Gasteiger partial charge in [-0.3, -0.25) is 19.7 Å². The van der Waals surface area contributed by atoms with E-state index in [1.54, 1.807) is 0 Å². The molecule has 0 radical (unpaired) electrons. The van der Waals surface area contributed by atoms with Gasteiger partial charge in [0.1, 0.15) is 6.04 Å². The Labute approximate surface area is 146 Å². The van der Waals surface area contributed by atoms with Crippen LogP contribution in [0.25, 0.3) is 0 Å². The summed E-state index contributed by atoms with van der Waals surface area (Å²) in [5.74, 6) is -2.40. The SMILES string of the molecule is O=C(O)CC[C@H](NCc1cc([N+](=O)[O-])cc2c1NC(O)C(O)N2)C(=O)O. The summed E-state index contributed by atoms with van der Waals surface area (Å²) in [7, 11) is 0. The molecule has 2 unspecified atom stereocenters. The lowest BCUT2D eigenvalue weighted by Gasteiger charge is -2.31. The van der Waals surface area contributed by atoms with Crippen molar-refractivity contribution in [2.75, 3.05) is 10.6 Å². The number of nitrogens with one attached hydrogen (secondary N) is 3. The topological polar surface area (TPSA) is 194 Å². The van der Waals surface area contributed by atoms with E-state index in [2.05, 4.69) is 16.0 Å². The van der Waals surface area contributed by atoms with Crippen molar-refractivity contribution in [3.8, 4) is 0 Å². The van der Waals surface area contributed by atoms with E-state index in [1.807, 2.05) is 0 Å². The number of rotatable bonds is 8. The Balaban J connectivity index is 2.25. The minimum Gasteiger partial charge on any atom is -0.481 e. The van der Waals surface area contributed by atoms with Gasteiger partial charge in [-0.05, 0) is 12.0 Å². The molecule has 1 aliphatic heterocycles. The number of nitrogens with zero attached hydrogens (tertiary/aromatic N) is 1. The van der Waals surface area contributed by atoms with Gasteiger partial charge in [0.2, 0.25) is 0 Å². The summed E-state index contributed by atoms with van der Waals surface area (Å²) >= 11 is 0. The van der Waals surface area contributed by atoms with E-state index in [0.29, 0.717) is 0 Å². The number of carbonyl (C=O) groups is 2. The zero-order chi connectivity index (χ0) is 19.4. The van der Waals surface area contributed by atoms with Crippen molar-refractivity contribution in [1.29, 1.82) is 0 Å². The number of benzene rings is 1. The average molecular weight is 370 g/mol. The highest BCUT2D eigenvalue weighted by Crippen LogP contribution is 2.35. The van der Waals surface area contributed by atoms with Crippen LogP contribution in [-0.4, -0.2) is 55.8 Å². The summed E-state index contributed by atoms with van der Waals surface area (Å²) < 4.78 is 0. The molecule has 0 saturated heterocycles. The lowest BCUT2D eigenvalue weighted by atomic mass is 10.1. The normalized spacial score (nSPS) is 19.6. The monoisotopic (exact) mass is 370 g/mol. The van der Waals surface area contributed by atoms with E-state index in [4.69, 9.17) is 10.2 Å². The Bertz CT molecular complexity index is 725. The number of anilines is 2. The van der Waals surface area contributed by atoms with Crippen molar-refractivity contribution >= 4 is 29.0 Å². The maximum absolute atomic E-state index is 11.2. The maximum atomic E-state index is 11.2. The number of fused-ring (bicyclic) bond motifs is 1. The molecule has 0 spiro atoms. The van der Waals surface area contributed by atoms with E-state index in [1.165, 1.54) is 12.1 Å². The molecule has 0 aromatic heterocycles.